The summed E-state index contributed by atoms with van der Waals surface area (Å²) in [7, 11) is 8.23. The molecule has 4 nitrogen and oxygen atoms in total. The van der Waals surface area contributed by atoms with E-state index in [1.807, 2.05) is 0 Å². The van der Waals surface area contributed by atoms with Crippen molar-refractivity contribution in [2.24, 2.45) is 0 Å². The van der Waals surface area contributed by atoms with Crippen LogP contribution in [0, 0.1) is 0 Å². The van der Waals surface area contributed by atoms with E-state index < -0.39 is 0 Å². The first kappa shape index (κ1) is 17.0. The number of rotatable bonds is 9. The molecule has 0 aliphatic rings. The van der Waals surface area contributed by atoms with Crippen molar-refractivity contribution in [3.63, 3.8) is 0 Å². The minimum atomic E-state index is 0.351. The average Bonchev–Trinajstić information content (AvgIpc) is 2.42. The van der Waals surface area contributed by atoms with Crippen LogP contribution >= 0.6 is 0 Å². The molecule has 0 aromatic heterocycles. The first-order valence-electron chi connectivity index (χ1n) is 7.24. The van der Waals surface area contributed by atoms with Crippen molar-refractivity contribution in [3.8, 4) is 0 Å². The molecule has 1 rings (SSSR count). The quantitative estimate of drug-likeness (QED) is 0.700. The highest BCUT2D eigenvalue weighted by Crippen LogP contribution is 2.17. The van der Waals surface area contributed by atoms with E-state index in [1.54, 1.807) is 0 Å². The Morgan fingerprint density at radius 2 is 1.70 bits per heavy atom. The highest BCUT2D eigenvalue weighted by Gasteiger charge is 2.04. The van der Waals surface area contributed by atoms with Crippen LogP contribution in [0.15, 0.2) is 24.3 Å². The lowest BCUT2D eigenvalue weighted by Gasteiger charge is -2.17. The van der Waals surface area contributed by atoms with Crippen LogP contribution in [0.25, 0.3) is 0 Å². The lowest BCUT2D eigenvalue weighted by molar-refractivity contribution is 0.118. The lowest BCUT2D eigenvalue weighted by atomic mass is 10.1. The average molecular weight is 279 g/mol. The number of nitrogens with zero attached hydrogens (tertiary/aromatic N) is 2. The predicted octanol–water partition coefficient (Wildman–Crippen LogP) is 1.98. The van der Waals surface area contributed by atoms with Crippen LogP contribution in [0.5, 0.6) is 0 Å². The van der Waals surface area contributed by atoms with Gasteiger partial charge >= 0.3 is 0 Å². The summed E-state index contributed by atoms with van der Waals surface area (Å²) in [5, 5.41) is 3.48. The first-order valence-corrected chi connectivity index (χ1v) is 7.24. The van der Waals surface area contributed by atoms with Crippen molar-refractivity contribution in [1.29, 1.82) is 0 Å². The van der Waals surface area contributed by atoms with Gasteiger partial charge in [0, 0.05) is 38.9 Å². The minimum absolute atomic E-state index is 0.351. The maximum Gasteiger partial charge on any atom is 0.0593 e. The Kier molecular flexibility index (Phi) is 7.59. The van der Waals surface area contributed by atoms with E-state index >= 15 is 0 Å². The zero-order valence-corrected chi connectivity index (χ0v) is 13.5. The summed E-state index contributed by atoms with van der Waals surface area (Å²) in [5.74, 6) is 0. The zero-order chi connectivity index (χ0) is 15.0. The second-order valence-corrected chi connectivity index (χ2v) is 5.58. The topological polar surface area (TPSA) is 27.7 Å². The molecule has 0 amide bonds. The van der Waals surface area contributed by atoms with Gasteiger partial charge in [-0.15, -0.1) is 0 Å². The van der Waals surface area contributed by atoms with Crippen LogP contribution in [0.2, 0.25) is 0 Å². The van der Waals surface area contributed by atoms with Crippen molar-refractivity contribution in [3.05, 3.63) is 29.8 Å². The largest absolute Gasteiger partial charge is 0.379 e. The van der Waals surface area contributed by atoms with Gasteiger partial charge in [0.15, 0.2) is 0 Å². The summed E-state index contributed by atoms with van der Waals surface area (Å²) in [5.41, 5.74) is 2.54. The van der Waals surface area contributed by atoms with Crippen molar-refractivity contribution in [2.75, 3.05) is 59.4 Å². The molecule has 0 aliphatic carbocycles. The molecule has 0 aliphatic heterocycles. The van der Waals surface area contributed by atoms with Crippen LogP contribution in [0.4, 0.5) is 5.69 Å². The molecule has 1 unspecified atom stereocenters. The van der Waals surface area contributed by atoms with E-state index in [4.69, 9.17) is 4.74 Å². The van der Waals surface area contributed by atoms with Gasteiger partial charge in [-0.2, -0.15) is 0 Å². The molecule has 0 heterocycles. The van der Waals surface area contributed by atoms with Crippen molar-refractivity contribution in [2.45, 2.75) is 13.0 Å². The van der Waals surface area contributed by atoms with E-state index in [1.165, 1.54) is 11.3 Å². The number of benzene rings is 1. The second-order valence-electron chi connectivity index (χ2n) is 5.58. The molecule has 114 valence electrons. The smallest absolute Gasteiger partial charge is 0.0593 e. The molecule has 1 N–H and O–H groups in total. The molecule has 1 aromatic rings. The van der Waals surface area contributed by atoms with Gasteiger partial charge in [0.2, 0.25) is 0 Å². The van der Waals surface area contributed by atoms with Crippen LogP contribution in [-0.2, 0) is 4.74 Å². The third-order valence-corrected chi connectivity index (χ3v) is 3.29. The summed E-state index contributed by atoms with van der Waals surface area (Å²) in [6, 6.07) is 9.02. The minimum Gasteiger partial charge on any atom is -0.379 e. The fraction of sp³-hybridized carbons (Fsp3) is 0.625. The highest BCUT2D eigenvalue weighted by molar-refractivity contribution is 5.46. The molecule has 0 fully saturated rings. The molecule has 1 atom stereocenters. The molecular weight excluding hydrogens is 250 g/mol. The van der Waals surface area contributed by atoms with Crippen molar-refractivity contribution in [1.82, 2.24) is 10.2 Å². The molecule has 0 bridgehead atoms. The Hall–Kier alpha value is -1.10. The van der Waals surface area contributed by atoms with E-state index in [0.29, 0.717) is 6.04 Å². The van der Waals surface area contributed by atoms with E-state index in [2.05, 4.69) is 74.5 Å². The molecule has 4 heteroatoms. The number of ether oxygens (including phenoxy) is 1. The van der Waals surface area contributed by atoms with E-state index in [9.17, 15) is 0 Å². The van der Waals surface area contributed by atoms with Crippen LogP contribution in [0.3, 0.4) is 0 Å². The second kappa shape index (κ2) is 8.95. The number of hydrogen-bond acceptors (Lipinski definition) is 4. The van der Waals surface area contributed by atoms with Gasteiger partial charge < -0.3 is 19.9 Å². The monoisotopic (exact) mass is 279 g/mol. The Balaban J connectivity index is 2.23. The number of likely N-dealkylation sites (N-methyl/N-ethyl adjacent to an activating group) is 1. The Bertz CT molecular complexity index is 362. The normalized spacial score (nSPS) is 12.7. The fourth-order valence-corrected chi connectivity index (χ4v) is 1.88. The molecule has 1 aromatic carbocycles. The van der Waals surface area contributed by atoms with Crippen molar-refractivity contribution >= 4 is 5.69 Å². The Morgan fingerprint density at radius 1 is 1.05 bits per heavy atom. The van der Waals surface area contributed by atoms with Crippen LogP contribution in [-0.4, -0.2) is 59.4 Å². The summed E-state index contributed by atoms with van der Waals surface area (Å²) < 4.78 is 5.57. The molecule has 20 heavy (non-hydrogen) atoms. The third-order valence-electron chi connectivity index (χ3n) is 3.29. The number of hydrogen-bond donors (Lipinski definition) is 1. The predicted molar refractivity (Wildman–Crippen MR) is 86.6 cm³/mol. The Labute approximate surface area is 123 Å². The van der Waals surface area contributed by atoms with E-state index in [0.717, 1.165) is 26.3 Å². The first-order chi connectivity index (χ1) is 9.50. The maximum atomic E-state index is 5.57. The standard InChI is InChI=1S/C16H29N3O/c1-14(17-10-12-20-13-11-18(2)3)15-6-8-16(9-7-15)19(4)5/h6-9,14,17H,10-13H2,1-5H3. The van der Waals surface area contributed by atoms with Gasteiger partial charge in [0.25, 0.3) is 0 Å². The SMILES string of the molecule is CC(NCCOCCN(C)C)c1ccc(N(C)C)cc1. The lowest BCUT2D eigenvalue weighted by Crippen LogP contribution is -2.25. The zero-order valence-electron chi connectivity index (χ0n) is 13.5. The van der Waals surface area contributed by atoms with Crippen LogP contribution < -0.4 is 10.2 Å². The molecule has 0 saturated carbocycles. The van der Waals surface area contributed by atoms with Crippen LogP contribution in [0.1, 0.15) is 18.5 Å². The maximum absolute atomic E-state index is 5.57. The summed E-state index contributed by atoms with van der Waals surface area (Å²) in [6.45, 7) is 5.59. The molecule has 0 spiro atoms. The fourth-order valence-electron chi connectivity index (χ4n) is 1.88. The van der Waals surface area contributed by atoms with Gasteiger partial charge in [-0.25, -0.2) is 0 Å². The molecule has 0 radical (unpaired) electrons. The summed E-state index contributed by atoms with van der Waals surface area (Å²) in [6.07, 6.45) is 0. The summed E-state index contributed by atoms with van der Waals surface area (Å²) in [4.78, 5) is 4.24. The van der Waals surface area contributed by atoms with E-state index in [-0.39, 0.29) is 0 Å². The molecular formula is C16H29N3O. The van der Waals surface area contributed by atoms with Gasteiger partial charge in [0.05, 0.1) is 13.2 Å². The van der Waals surface area contributed by atoms with Gasteiger partial charge in [-0.05, 0) is 38.7 Å². The summed E-state index contributed by atoms with van der Waals surface area (Å²) >= 11 is 0. The number of nitrogens with one attached hydrogen (secondary N) is 1. The van der Waals surface area contributed by atoms with Crippen molar-refractivity contribution < 1.29 is 4.74 Å². The van der Waals surface area contributed by atoms with Gasteiger partial charge in [-0.1, -0.05) is 12.1 Å². The van der Waals surface area contributed by atoms with Gasteiger partial charge in [0.1, 0.15) is 0 Å². The Morgan fingerprint density at radius 3 is 2.25 bits per heavy atom. The number of anilines is 1. The molecule has 0 saturated heterocycles. The third kappa shape index (κ3) is 6.37. The van der Waals surface area contributed by atoms with Gasteiger partial charge in [-0.3, -0.25) is 0 Å². The highest BCUT2D eigenvalue weighted by atomic mass is 16.5.